The topological polar surface area (TPSA) is 41.1 Å². The molecule has 1 heterocycles. The Kier molecular flexibility index (Phi) is 2.60. The SMILES string of the molecule is O=C1NC2(CCCC2)Nc2cc(Br)cc(Cl)c21. The smallest absolute Gasteiger partial charge is 0.256 e. The highest BCUT2D eigenvalue weighted by atomic mass is 79.9. The molecule has 2 aliphatic rings. The molecule has 3 nitrogen and oxygen atoms in total. The molecule has 0 radical (unpaired) electrons. The summed E-state index contributed by atoms with van der Waals surface area (Å²) in [5, 5.41) is 6.98. The number of amides is 1. The van der Waals surface area contributed by atoms with Gasteiger partial charge in [-0.25, -0.2) is 0 Å². The van der Waals surface area contributed by atoms with Crippen molar-refractivity contribution in [1.82, 2.24) is 5.32 Å². The van der Waals surface area contributed by atoms with Crippen molar-refractivity contribution in [2.24, 2.45) is 0 Å². The van der Waals surface area contributed by atoms with E-state index >= 15 is 0 Å². The Morgan fingerprint density at radius 2 is 1.94 bits per heavy atom. The van der Waals surface area contributed by atoms with Gasteiger partial charge in [0.2, 0.25) is 0 Å². The largest absolute Gasteiger partial charge is 0.362 e. The maximum absolute atomic E-state index is 12.1. The number of hydrogen-bond donors (Lipinski definition) is 2. The molecule has 0 saturated heterocycles. The van der Waals surface area contributed by atoms with Crippen LogP contribution in [0.15, 0.2) is 16.6 Å². The summed E-state index contributed by atoms with van der Waals surface area (Å²) in [5.41, 5.74) is 1.12. The molecule has 1 amide bonds. The van der Waals surface area contributed by atoms with E-state index in [0.29, 0.717) is 10.6 Å². The van der Waals surface area contributed by atoms with Crippen LogP contribution in [-0.4, -0.2) is 11.6 Å². The van der Waals surface area contributed by atoms with E-state index in [1.165, 1.54) is 0 Å². The molecule has 3 rings (SSSR count). The molecule has 1 fully saturated rings. The number of carbonyl (C=O) groups excluding carboxylic acids is 1. The molecule has 0 atom stereocenters. The summed E-state index contributed by atoms with van der Waals surface area (Å²) < 4.78 is 0.886. The fraction of sp³-hybridized carbons (Fsp3) is 0.417. The monoisotopic (exact) mass is 314 g/mol. The Balaban J connectivity index is 2.09. The van der Waals surface area contributed by atoms with Crippen LogP contribution in [0.3, 0.4) is 0 Å². The van der Waals surface area contributed by atoms with Crippen molar-refractivity contribution in [2.75, 3.05) is 5.32 Å². The molecule has 1 aliphatic heterocycles. The Hall–Kier alpha value is -0.740. The molecule has 1 spiro atoms. The molecule has 1 aromatic carbocycles. The van der Waals surface area contributed by atoms with Crippen LogP contribution in [0, 0.1) is 0 Å². The molecular weight excluding hydrogens is 304 g/mol. The molecule has 1 aliphatic carbocycles. The van der Waals surface area contributed by atoms with E-state index in [0.717, 1.165) is 35.8 Å². The maximum Gasteiger partial charge on any atom is 0.256 e. The molecule has 0 bridgehead atoms. The van der Waals surface area contributed by atoms with Gasteiger partial charge in [0.05, 0.1) is 16.3 Å². The molecule has 17 heavy (non-hydrogen) atoms. The number of benzene rings is 1. The zero-order valence-electron chi connectivity index (χ0n) is 9.15. The lowest BCUT2D eigenvalue weighted by Gasteiger charge is -2.37. The zero-order chi connectivity index (χ0) is 12.0. The van der Waals surface area contributed by atoms with E-state index in [9.17, 15) is 4.79 Å². The molecule has 90 valence electrons. The highest BCUT2D eigenvalue weighted by molar-refractivity contribution is 9.10. The highest BCUT2D eigenvalue weighted by Crippen LogP contribution is 2.39. The van der Waals surface area contributed by atoms with Gasteiger partial charge in [0.1, 0.15) is 5.66 Å². The van der Waals surface area contributed by atoms with Gasteiger partial charge >= 0.3 is 0 Å². The van der Waals surface area contributed by atoms with Crippen LogP contribution in [-0.2, 0) is 0 Å². The fourth-order valence-electron chi connectivity index (χ4n) is 2.70. The first-order valence-corrected chi connectivity index (χ1v) is 6.86. The predicted molar refractivity (Wildman–Crippen MR) is 71.4 cm³/mol. The normalized spacial score (nSPS) is 20.9. The lowest BCUT2D eigenvalue weighted by molar-refractivity contribution is 0.0902. The minimum Gasteiger partial charge on any atom is -0.362 e. The third-order valence-corrected chi connectivity index (χ3v) is 4.22. The molecule has 2 N–H and O–H groups in total. The van der Waals surface area contributed by atoms with E-state index in [4.69, 9.17) is 11.6 Å². The lowest BCUT2D eigenvalue weighted by atomic mass is 10.0. The number of fused-ring (bicyclic) bond motifs is 1. The van der Waals surface area contributed by atoms with E-state index in [2.05, 4.69) is 26.6 Å². The second-order valence-electron chi connectivity index (χ2n) is 4.68. The van der Waals surface area contributed by atoms with Crippen molar-refractivity contribution in [3.63, 3.8) is 0 Å². The summed E-state index contributed by atoms with van der Waals surface area (Å²) in [6.07, 6.45) is 4.24. The number of carbonyl (C=O) groups is 1. The highest BCUT2D eigenvalue weighted by Gasteiger charge is 2.40. The van der Waals surface area contributed by atoms with Gasteiger partial charge in [-0.15, -0.1) is 0 Å². The first-order chi connectivity index (χ1) is 8.10. The van der Waals surface area contributed by atoms with Crippen LogP contribution in [0.4, 0.5) is 5.69 Å². The van der Waals surface area contributed by atoms with Crippen molar-refractivity contribution in [2.45, 2.75) is 31.3 Å². The van der Waals surface area contributed by atoms with Crippen molar-refractivity contribution < 1.29 is 4.79 Å². The van der Waals surface area contributed by atoms with E-state index in [1.54, 1.807) is 6.07 Å². The second kappa shape index (κ2) is 3.89. The number of hydrogen-bond acceptors (Lipinski definition) is 2. The zero-order valence-corrected chi connectivity index (χ0v) is 11.5. The predicted octanol–water partition coefficient (Wildman–Crippen LogP) is 3.53. The number of rotatable bonds is 0. The fourth-order valence-corrected chi connectivity index (χ4v) is 3.60. The van der Waals surface area contributed by atoms with Crippen molar-refractivity contribution in [1.29, 1.82) is 0 Å². The van der Waals surface area contributed by atoms with Gasteiger partial charge in [0, 0.05) is 4.47 Å². The Morgan fingerprint density at radius 3 is 2.65 bits per heavy atom. The number of nitrogens with one attached hydrogen (secondary N) is 2. The van der Waals surface area contributed by atoms with Crippen LogP contribution < -0.4 is 10.6 Å². The average molecular weight is 316 g/mol. The quantitative estimate of drug-likeness (QED) is 0.769. The van der Waals surface area contributed by atoms with Crippen molar-refractivity contribution >= 4 is 39.1 Å². The molecule has 0 aromatic heterocycles. The molecule has 1 saturated carbocycles. The summed E-state index contributed by atoms with van der Waals surface area (Å²) in [5.74, 6) is -0.0712. The van der Waals surface area contributed by atoms with Gasteiger partial charge in [0.15, 0.2) is 0 Å². The van der Waals surface area contributed by atoms with E-state index in [-0.39, 0.29) is 11.6 Å². The number of anilines is 1. The molecule has 1 aromatic rings. The molecule has 0 unspecified atom stereocenters. The third-order valence-electron chi connectivity index (χ3n) is 3.47. The Labute approximate surface area is 113 Å². The van der Waals surface area contributed by atoms with Crippen LogP contribution in [0.25, 0.3) is 0 Å². The average Bonchev–Trinajstić information content (AvgIpc) is 2.63. The van der Waals surface area contributed by atoms with E-state index < -0.39 is 0 Å². The first kappa shape index (κ1) is 11.4. The molecular formula is C12H12BrClN2O. The molecule has 5 heteroatoms. The standard InChI is InChI=1S/C12H12BrClN2O/c13-7-5-8(14)10-9(6-7)15-12(16-11(10)17)3-1-2-4-12/h5-6,15H,1-4H2,(H,16,17). The minimum absolute atomic E-state index is 0.0712. The van der Waals surface area contributed by atoms with Gasteiger partial charge < -0.3 is 10.6 Å². The Morgan fingerprint density at radius 1 is 1.24 bits per heavy atom. The van der Waals surface area contributed by atoms with Gasteiger partial charge in [-0.3, -0.25) is 4.79 Å². The third kappa shape index (κ3) is 1.83. The minimum atomic E-state index is -0.256. The first-order valence-electron chi connectivity index (χ1n) is 5.69. The van der Waals surface area contributed by atoms with Crippen LogP contribution in [0.5, 0.6) is 0 Å². The maximum atomic E-state index is 12.1. The van der Waals surface area contributed by atoms with Crippen LogP contribution in [0.2, 0.25) is 5.02 Å². The second-order valence-corrected chi connectivity index (χ2v) is 6.00. The summed E-state index contributed by atoms with van der Waals surface area (Å²) in [6, 6.07) is 3.66. The van der Waals surface area contributed by atoms with Crippen molar-refractivity contribution in [3.8, 4) is 0 Å². The summed E-state index contributed by atoms with van der Waals surface area (Å²) in [4.78, 5) is 12.1. The Bertz CT molecular complexity index is 498. The van der Waals surface area contributed by atoms with Crippen LogP contribution >= 0.6 is 27.5 Å². The summed E-state index contributed by atoms with van der Waals surface area (Å²) in [7, 11) is 0. The van der Waals surface area contributed by atoms with Gasteiger partial charge in [0.25, 0.3) is 5.91 Å². The van der Waals surface area contributed by atoms with E-state index in [1.807, 2.05) is 6.07 Å². The van der Waals surface area contributed by atoms with Gasteiger partial charge in [-0.2, -0.15) is 0 Å². The summed E-state index contributed by atoms with van der Waals surface area (Å²) >= 11 is 9.51. The van der Waals surface area contributed by atoms with Crippen LogP contribution in [0.1, 0.15) is 36.0 Å². The number of halogens is 2. The van der Waals surface area contributed by atoms with Gasteiger partial charge in [-0.1, -0.05) is 27.5 Å². The van der Waals surface area contributed by atoms with Crippen molar-refractivity contribution in [3.05, 3.63) is 27.2 Å². The lowest BCUT2D eigenvalue weighted by Crippen LogP contribution is -2.55. The summed E-state index contributed by atoms with van der Waals surface area (Å²) in [6.45, 7) is 0. The van der Waals surface area contributed by atoms with Gasteiger partial charge in [-0.05, 0) is 37.8 Å².